The molecule has 2 N–H and O–H groups in total. The van der Waals surface area contributed by atoms with Gasteiger partial charge in [0.15, 0.2) is 0 Å². The first-order valence-electron chi connectivity index (χ1n) is 11.2. The largest absolute Gasteiger partial charge is 0.493 e. The zero-order chi connectivity index (χ0) is 22.0. The van der Waals surface area contributed by atoms with E-state index in [0.29, 0.717) is 39.0 Å². The first-order chi connectivity index (χ1) is 15.6. The van der Waals surface area contributed by atoms with Crippen molar-refractivity contribution in [2.75, 3.05) is 19.7 Å². The molecule has 0 bridgehead atoms. The van der Waals surface area contributed by atoms with Crippen LogP contribution in [0.5, 0.6) is 5.75 Å². The van der Waals surface area contributed by atoms with Crippen LogP contribution in [0.15, 0.2) is 79.0 Å². The lowest BCUT2D eigenvalue weighted by Crippen LogP contribution is -2.47. The highest BCUT2D eigenvalue weighted by Crippen LogP contribution is 2.34. The number of benzene rings is 3. The second-order valence-corrected chi connectivity index (χ2v) is 8.61. The third kappa shape index (κ3) is 4.32. The molecule has 0 radical (unpaired) electrons. The molecule has 0 spiro atoms. The molecular formula is C27H28N2O3. The van der Waals surface area contributed by atoms with E-state index in [-0.39, 0.29) is 0 Å². The summed E-state index contributed by atoms with van der Waals surface area (Å²) in [4.78, 5) is 6.52. The second kappa shape index (κ2) is 8.87. The average molecular weight is 429 g/mol. The quantitative estimate of drug-likeness (QED) is 0.475. The molecular weight excluding hydrogens is 400 g/mol. The molecule has 2 heterocycles. The number of hydrogen-bond donors (Lipinski definition) is 2. The fraction of sp³-hybridized carbons (Fsp3) is 0.296. The number of aromatic nitrogens is 1. The standard InChI is InChI=1S/C27H28N2O3/c30-26(11-16-32-24-10-9-20-5-1-2-6-21(20)18-24)29-14-12-27(31,13-15-29)23-17-22-7-3-4-8-25(22)28-19-23/h1-10,17-19,26,30-31H,11-16H2. The normalized spacial score (nSPS) is 17.4. The van der Waals surface area contributed by atoms with E-state index in [1.165, 1.54) is 5.39 Å². The van der Waals surface area contributed by atoms with E-state index in [1.54, 1.807) is 6.20 Å². The van der Waals surface area contributed by atoms with Gasteiger partial charge in [-0.15, -0.1) is 0 Å². The molecule has 1 saturated heterocycles. The zero-order valence-electron chi connectivity index (χ0n) is 18.0. The molecule has 3 aromatic carbocycles. The van der Waals surface area contributed by atoms with Crippen LogP contribution in [0.3, 0.4) is 0 Å². The number of fused-ring (bicyclic) bond motifs is 2. The van der Waals surface area contributed by atoms with Crippen LogP contribution in [-0.2, 0) is 5.60 Å². The van der Waals surface area contributed by atoms with E-state index in [4.69, 9.17) is 4.74 Å². The molecule has 1 atom stereocenters. The minimum Gasteiger partial charge on any atom is -0.493 e. The Morgan fingerprint density at radius 2 is 1.62 bits per heavy atom. The van der Waals surface area contributed by atoms with Gasteiger partial charge < -0.3 is 14.9 Å². The van der Waals surface area contributed by atoms with Gasteiger partial charge in [-0.2, -0.15) is 0 Å². The number of rotatable bonds is 6. The monoisotopic (exact) mass is 428 g/mol. The maximum atomic E-state index is 11.2. The van der Waals surface area contributed by atoms with Gasteiger partial charge in [-0.05, 0) is 47.9 Å². The van der Waals surface area contributed by atoms with E-state index in [2.05, 4.69) is 17.1 Å². The summed E-state index contributed by atoms with van der Waals surface area (Å²) in [5, 5.41) is 25.3. The summed E-state index contributed by atoms with van der Waals surface area (Å²) < 4.78 is 5.88. The molecule has 1 aromatic heterocycles. The maximum Gasteiger partial charge on any atom is 0.119 e. The lowest BCUT2D eigenvalue weighted by Gasteiger charge is -2.40. The predicted molar refractivity (Wildman–Crippen MR) is 127 cm³/mol. The van der Waals surface area contributed by atoms with Crippen LogP contribution in [0.25, 0.3) is 21.7 Å². The molecule has 0 amide bonds. The lowest BCUT2D eigenvalue weighted by molar-refractivity contribution is -0.0819. The van der Waals surface area contributed by atoms with E-state index in [1.807, 2.05) is 65.6 Å². The Morgan fingerprint density at radius 3 is 2.44 bits per heavy atom. The molecule has 32 heavy (non-hydrogen) atoms. The van der Waals surface area contributed by atoms with Crippen molar-refractivity contribution in [2.45, 2.75) is 31.1 Å². The maximum absolute atomic E-state index is 11.2. The highest BCUT2D eigenvalue weighted by Gasteiger charge is 2.36. The fourth-order valence-electron chi connectivity index (χ4n) is 4.53. The molecule has 0 aliphatic carbocycles. The molecule has 1 aliphatic rings. The van der Waals surface area contributed by atoms with Crippen molar-refractivity contribution in [1.82, 2.24) is 9.88 Å². The molecule has 1 fully saturated rings. The zero-order valence-corrected chi connectivity index (χ0v) is 18.0. The Morgan fingerprint density at radius 1 is 0.906 bits per heavy atom. The Labute approximate surface area is 187 Å². The van der Waals surface area contributed by atoms with Crippen LogP contribution in [0.4, 0.5) is 0 Å². The number of piperidine rings is 1. The summed E-state index contributed by atoms with van der Waals surface area (Å²) >= 11 is 0. The molecule has 0 saturated carbocycles. The number of para-hydroxylation sites is 1. The summed E-state index contributed by atoms with van der Waals surface area (Å²) in [7, 11) is 0. The summed E-state index contributed by atoms with van der Waals surface area (Å²) in [5.74, 6) is 0.813. The minimum atomic E-state index is -0.908. The molecule has 164 valence electrons. The van der Waals surface area contributed by atoms with Crippen molar-refractivity contribution in [3.05, 3.63) is 84.6 Å². The van der Waals surface area contributed by atoms with Crippen molar-refractivity contribution in [2.24, 2.45) is 0 Å². The SMILES string of the molecule is OC(CCOc1ccc2ccccc2c1)N1CCC(O)(c2cnc3ccccc3c2)CC1. The fourth-order valence-corrected chi connectivity index (χ4v) is 4.53. The average Bonchev–Trinajstić information content (AvgIpc) is 2.84. The Bertz CT molecular complexity index is 1220. The van der Waals surface area contributed by atoms with Gasteiger partial charge in [-0.1, -0.05) is 48.5 Å². The molecule has 5 nitrogen and oxygen atoms in total. The summed E-state index contributed by atoms with van der Waals surface area (Å²) in [6.45, 7) is 1.69. The van der Waals surface area contributed by atoms with Crippen LogP contribution in [0.1, 0.15) is 24.8 Å². The Kier molecular flexibility index (Phi) is 5.79. The van der Waals surface area contributed by atoms with Gasteiger partial charge in [-0.3, -0.25) is 9.88 Å². The van der Waals surface area contributed by atoms with Crippen LogP contribution >= 0.6 is 0 Å². The van der Waals surface area contributed by atoms with Gasteiger partial charge in [0.25, 0.3) is 0 Å². The van der Waals surface area contributed by atoms with E-state index < -0.39 is 11.8 Å². The first kappa shape index (κ1) is 20.9. The highest BCUT2D eigenvalue weighted by atomic mass is 16.5. The third-order valence-electron chi connectivity index (χ3n) is 6.54. The van der Waals surface area contributed by atoms with Crippen LogP contribution < -0.4 is 4.74 Å². The molecule has 5 rings (SSSR count). The smallest absolute Gasteiger partial charge is 0.119 e. The topological polar surface area (TPSA) is 65.8 Å². The molecule has 1 aliphatic heterocycles. The van der Waals surface area contributed by atoms with E-state index >= 15 is 0 Å². The summed E-state index contributed by atoms with van der Waals surface area (Å²) in [6, 6.07) is 24.2. The number of hydrogen-bond acceptors (Lipinski definition) is 5. The summed E-state index contributed by atoms with van der Waals surface area (Å²) in [6.07, 6.45) is 2.84. The van der Waals surface area contributed by atoms with Crippen molar-refractivity contribution in [3.63, 3.8) is 0 Å². The van der Waals surface area contributed by atoms with Crippen molar-refractivity contribution >= 4 is 21.7 Å². The van der Waals surface area contributed by atoms with Crippen LogP contribution in [0.2, 0.25) is 0 Å². The second-order valence-electron chi connectivity index (χ2n) is 8.61. The number of aliphatic hydroxyl groups excluding tert-OH is 1. The minimum absolute atomic E-state index is 0.439. The summed E-state index contributed by atoms with van der Waals surface area (Å²) in [5.41, 5.74) is 0.874. The van der Waals surface area contributed by atoms with E-state index in [0.717, 1.165) is 27.6 Å². The highest BCUT2D eigenvalue weighted by molar-refractivity contribution is 5.83. The molecule has 5 heteroatoms. The van der Waals surface area contributed by atoms with Crippen molar-refractivity contribution in [3.8, 4) is 5.75 Å². The third-order valence-corrected chi connectivity index (χ3v) is 6.54. The van der Waals surface area contributed by atoms with E-state index in [9.17, 15) is 10.2 Å². The Balaban J connectivity index is 1.15. The predicted octanol–water partition coefficient (Wildman–Crippen LogP) is 4.46. The van der Waals surface area contributed by atoms with Gasteiger partial charge in [-0.25, -0.2) is 0 Å². The lowest BCUT2D eigenvalue weighted by atomic mass is 9.84. The number of likely N-dealkylation sites (tertiary alicyclic amines) is 1. The van der Waals surface area contributed by atoms with Gasteiger partial charge in [0.05, 0.1) is 17.7 Å². The number of pyridine rings is 1. The number of ether oxygens (including phenoxy) is 1. The van der Waals surface area contributed by atoms with Gasteiger partial charge in [0.1, 0.15) is 12.0 Å². The molecule has 1 unspecified atom stereocenters. The van der Waals surface area contributed by atoms with Gasteiger partial charge in [0, 0.05) is 36.7 Å². The molecule has 4 aromatic rings. The van der Waals surface area contributed by atoms with Gasteiger partial charge in [0.2, 0.25) is 0 Å². The first-order valence-corrected chi connectivity index (χ1v) is 11.2. The van der Waals surface area contributed by atoms with Crippen LogP contribution in [0, 0.1) is 0 Å². The van der Waals surface area contributed by atoms with Crippen molar-refractivity contribution < 1.29 is 14.9 Å². The number of aliphatic hydroxyl groups is 2. The van der Waals surface area contributed by atoms with Crippen LogP contribution in [-0.4, -0.2) is 46.0 Å². The number of nitrogens with zero attached hydrogens (tertiary/aromatic N) is 2. The Hall–Kier alpha value is -2.99. The van der Waals surface area contributed by atoms with Crippen molar-refractivity contribution in [1.29, 1.82) is 0 Å². The van der Waals surface area contributed by atoms with Gasteiger partial charge >= 0.3 is 0 Å².